The second kappa shape index (κ2) is 6.81. The smallest absolute Gasteiger partial charge is 0.191 e. The molecule has 0 spiro atoms. The highest BCUT2D eigenvalue weighted by Gasteiger charge is 2.31. The quantitative estimate of drug-likeness (QED) is 0.618. The van der Waals surface area contributed by atoms with E-state index < -0.39 is 0 Å². The SMILES string of the molecule is CSC1(CN=C(N)N2CCOC(C)C2)CCOCC1. The average molecular weight is 287 g/mol. The fraction of sp³-hybridized carbons (Fsp3) is 0.923. The van der Waals surface area contributed by atoms with Crippen molar-refractivity contribution in [1.29, 1.82) is 0 Å². The average Bonchev–Trinajstić information content (AvgIpc) is 2.46. The number of hydrogen-bond acceptors (Lipinski definition) is 4. The molecule has 2 N–H and O–H groups in total. The number of nitrogens with zero attached hydrogens (tertiary/aromatic N) is 2. The van der Waals surface area contributed by atoms with E-state index in [2.05, 4.69) is 23.1 Å². The normalized spacial score (nSPS) is 28.4. The van der Waals surface area contributed by atoms with E-state index in [-0.39, 0.29) is 10.9 Å². The molecule has 0 aromatic rings. The van der Waals surface area contributed by atoms with E-state index in [1.54, 1.807) is 0 Å². The van der Waals surface area contributed by atoms with Gasteiger partial charge in [-0.15, -0.1) is 0 Å². The molecule has 0 amide bonds. The highest BCUT2D eigenvalue weighted by atomic mass is 32.2. The Labute approximate surface area is 119 Å². The second-order valence-electron chi connectivity index (χ2n) is 5.30. The van der Waals surface area contributed by atoms with E-state index in [1.165, 1.54) is 0 Å². The number of nitrogens with two attached hydrogens (primary N) is 1. The summed E-state index contributed by atoms with van der Waals surface area (Å²) in [6.45, 7) is 6.95. The summed E-state index contributed by atoms with van der Waals surface area (Å²) in [6, 6.07) is 0. The standard InChI is InChI=1S/C13H25N3O2S/c1-11-9-16(5-8-18-11)12(14)15-10-13(19-2)3-6-17-7-4-13/h11H,3-10H2,1-2H3,(H2,14,15). The summed E-state index contributed by atoms with van der Waals surface area (Å²) in [7, 11) is 0. The predicted molar refractivity (Wildman–Crippen MR) is 79.8 cm³/mol. The summed E-state index contributed by atoms with van der Waals surface area (Å²) in [5.41, 5.74) is 6.12. The van der Waals surface area contributed by atoms with Crippen molar-refractivity contribution in [2.75, 3.05) is 45.7 Å². The number of aliphatic imine (C=N–C) groups is 1. The zero-order chi connectivity index (χ0) is 13.7. The molecule has 19 heavy (non-hydrogen) atoms. The van der Waals surface area contributed by atoms with Gasteiger partial charge in [0.05, 0.1) is 19.3 Å². The molecule has 2 heterocycles. The number of ether oxygens (including phenoxy) is 2. The van der Waals surface area contributed by atoms with Gasteiger partial charge in [-0.25, -0.2) is 0 Å². The third-order valence-electron chi connectivity index (χ3n) is 3.93. The van der Waals surface area contributed by atoms with Gasteiger partial charge >= 0.3 is 0 Å². The van der Waals surface area contributed by atoms with Crippen LogP contribution in [0.25, 0.3) is 0 Å². The van der Waals surface area contributed by atoms with Crippen molar-refractivity contribution in [3.63, 3.8) is 0 Å². The first-order valence-electron chi connectivity index (χ1n) is 6.94. The fourth-order valence-corrected chi connectivity index (χ4v) is 3.29. The van der Waals surface area contributed by atoms with E-state index >= 15 is 0 Å². The molecule has 5 nitrogen and oxygen atoms in total. The summed E-state index contributed by atoms with van der Waals surface area (Å²) in [6.07, 6.45) is 4.52. The molecule has 2 saturated heterocycles. The molecule has 0 aliphatic carbocycles. The maximum atomic E-state index is 6.12. The summed E-state index contributed by atoms with van der Waals surface area (Å²) >= 11 is 1.90. The lowest BCUT2D eigenvalue weighted by Gasteiger charge is -2.35. The van der Waals surface area contributed by atoms with Crippen molar-refractivity contribution >= 4 is 17.7 Å². The van der Waals surface area contributed by atoms with Gasteiger partial charge in [-0.1, -0.05) is 0 Å². The molecular weight excluding hydrogens is 262 g/mol. The van der Waals surface area contributed by atoms with Crippen LogP contribution < -0.4 is 5.73 Å². The first kappa shape index (κ1) is 14.9. The minimum atomic E-state index is 0.209. The molecule has 6 heteroatoms. The zero-order valence-electron chi connectivity index (χ0n) is 11.9. The van der Waals surface area contributed by atoms with Crippen LogP contribution in [0.5, 0.6) is 0 Å². The van der Waals surface area contributed by atoms with Crippen LogP contribution in [0.2, 0.25) is 0 Å². The van der Waals surface area contributed by atoms with Gasteiger partial charge in [0.2, 0.25) is 0 Å². The minimum absolute atomic E-state index is 0.209. The predicted octanol–water partition coefficient (Wildman–Crippen LogP) is 0.934. The highest BCUT2D eigenvalue weighted by Crippen LogP contribution is 2.34. The third-order valence-corrected chi connectivity index (χ3v) is 5.33. The Kier molecular flexibility index (Phi) is 5.36. The van der Waals surface area contributed by atoms with E-state index in [4.69, 9.17) is 15.2 Å². The van der Waals surface area contributed by atoms with Crippen LogP contribution in [-0.4, -0.2) is 67.4 Å². The van der Waals surface area contributed by atoms with Crippen LogP contribution >= 0.6 is 11.8 Å². The van der Waals surface area contributed by atoms with Crippen molar-refractivity contribution in [2.24, 2.45) is 10.7 Å². The lowest BCUT2D eigenvalue weighted by atomic mass is 9.99. The summed E-state index contributed by atoms with van der Waals surface area (Å²) in [4.78, 5) is 6.76. The van der Waals surface area contributed by atoms with Crippen LogP contribution in [-0.2, 0) is 9.47 Å². The molecule has 2 fully saturated rings. The molecule has 2 aliphatic heterocycles. The van der Waals surface area contributed by atoms with E-state index in [0.29, 0.717) is 5.96 Å². The van der Waals surface area contributed by atoms with Crippen molar-refractivity contribution in [3.8, 4) is 0 Å². The Hall–Kier alpha value is -0.460. The minimum Gasteiger partial charge on any atom is -0.381 e. The first-order valence-corrected chi connectivity index (χ1v) is 8.17. The van der Waals surface area contributed by atoms with Crippen molar-refractivity contribution in [3.05, 3.63) is 0 Å². The number of guanidine groups is 1. The molecule has 1 atom stereocenters. The molecule has 110 valence electrons. The van der Waals surface area contributed by atoms with Crippen molar-refractivity contribution in [1.82, 2.24) is 4.90 Å². The number of morpholine rings is 1. The monoisotopic (exact) mass is 287 g/mol. The van der Waals surface area contributed by atoms with E-state index in [1.807, 2.05) is 11.8 Å². The summed E-state index contributed by atoms with van der Waals surface area (Å²) in [5.74, 6) is 0.662. The van der Waals surface area contributed by atoms with Gasteiger partial charge in [0.25, 0.3) is 0 Å². The molecule has 1 unspecified atom stereocenters. The van der Waals surface area contributed by atoms with Gasteiger partial charge in [0, 0.05) is 31.1 Å². The Balaban J connectivity index is 1.92. The highest BCUT2D eigenvalue weighted by molar-refractivity contribution is 8.00. The molecule has 2 rings (SSSR count). The van der Waals surface area contributed by atoms with Gasteiger partial charge in [0.15, 0.2) is 5.96 Å². The maximum absolute atomic E-state index is 6.12. The van der Waals surface area contributed by atoms with Crippen LogP contribution in [0.3, 0.4) is 0 Å². The molecule has 0 bridgehead atoms. The zero-order valence-corrected chi connectivity index (χ0v) is 12.7. The van der Waals surface area contributed by atoms with Crippen LogP contribution in [0.15, 0.2) is 4.99 Å². The Morgan fingerprint density at radius 3 is 2.79 bits per heavy atom. The van der Waals surface area contributed by atoms with Crippen molar-refractivity contribution in [2.45, 2.75) is 30.6 Å². The molecule has 0 saturated carbocycles. The van der Waals surface area contributed by atoms with Crippen LogP contribution in [0.4, 0.5) is 0 Å². The fourth-order valence-electron chi connectivity index (χ4n) is 2.52. The van der Waals surface area contributed by atoms with Gasteiger partial charge in [0.1, 0.15) is 0 Å². The van der Waals surface area contributed by atoms with Crippen LogP contribution in [0.1, 0.15) is 19.8 Å². The maximum Gasteiger partial charge on any atom is 0.191 e. The Morgan fingerprint density at radius 2 is 2.16 bits per heavy atom. The van der Waals surface area contributed by atoms with E-state index in [9.17, 15) is 0 Å². The first-order chi connectivity index (χ1) is 9.15. The van der Waals surface area contributed by atoms with E-state index in [0.717, 1.165) is 52.3 Å². The third kappa shape index (κ3) is 4.00. The molecular formula is C13H25N3O2S. The molecule has 0 aromatic carbocycles. The molecule has 0 radical (unpaired) electrons. The topological polar surface area (TPSA) is 60.1 Å². The lowest BCUT2D eigenvalue weighted by Crippen LogP contribution is -2.48. The largest absolute Gasteiger partial charge is 0.381 e. The lowest BCUT2D eigenvalue weighted by molar-refractivity contribution is 0.00524. The summed E-state index contributed by atoms with van der Waals surface area (Å²) < 4.78 is 11.2. The number of hydrogen-bond donors (Lipinski definition) is 1. The van der Waals surface area contributed by atoms with Gasteiger partial charge in [-0.2, -0.15) is 11.8 Å². The Morgan fingerprint density at radius 1 is 1.42 bits per heavy atom. The van der Waals surface area contributed by atoms with Crippen molar-refractivity contribution < 1.29 is 9.47 Å². The van der Waals surface area contributed by atoms with Gasteiger partial charge in [-0.3, -0.25) is 4.99 Å². The Bertz CT molecular complexity index is 319. The number of thioether (sulfide) groups is 1. The summed E-state index contributed by atoms with van der Waals surface area (Å²) in [5, 5.41) is 0. The molecule has 2 aliphatic rings. The molecule has 0 aromatic heterocycles. The van der Waals surface area contributed by atoms with Gasteiger partial charge < -0.3 is 20.1 Å². The van der Waals surface area contributed by atoms with Crippen LogP contribution in [0, 0.1) is 0 Å². The second-order valence-corrected chi connectivity index (χ2v) is 6.58. The number of rotatable bonds is 3. The van der Waals surface area contributed by atoms with Gasteiger partial charge in [-0.05, 0) is 26.0 Å².